The Labute approximate surface area is 107 Å². The van der Waals surface area contributed by atoms with E-state index in [1.165, 1.54) is 11.3 Å². The zero-order valence-corrected chi connectivity index (χ0v) is 10.6. The number of epoxide rings is 1. The molecule has 1 atom stereocenters. The zero-order chi connectivity index (χ0) is 12.6. The summed E-state index contributed by atoms with van der Waals surface area (Å²) in [4.78, 5) is 25.8. The number of urea groups is 1. The highest BCUT2D eigenvalue weighted by atomic mass is 16.6. The SMILES string of the molecule is O=C1NC2(CCCCCCC2)C(=O)N1CC1CO1. The van der Waals surface area contributed by atoms with Crippen LogP contribution in [0.4, 0.5) is 4.79 Å². The Morgan fingerprint density at radius 3 is 2.39 bits per heavy atom. The van der Waals surface area contributed by atoms with E-state index < -0.39 is 5.54 Å². The first kappa shape index (κ1) is 12.0. The van der Waals surface area contributed by atoms with Crippen LogP contribution in [-0.4, -0.2) is 41.6 Å². The Kier molecular flexibility index (Phi) is 3.01. The highest BCUT2D eigenvalue weighted by Crippen LogP contribution is 2.32. The molecule has 1 unspecified atom stereocenters. The van der Waals surface area contributed by atoms with E-state index in [-0.39, 0.29) is 18.0 Å². The van der Waals surface area contributed by atoms with Crippen molar-refractivity contribution in [3.8, 4) is 0 Å². The van der Waals surface area contributed by atoms with Crippen LogP contribution in [0.2, 0.25) is 0 Å². The van der Waals surface area contributed by atoms with Crippen LogP contribution in [0, 0.1) is 0 Å². The first-order valence-corrected chi connectivity index (χ1v) is 6.97. The predicted molar refractivity (Wildman–Crippen MR) is 65.0 cm³/mol. The maximum Gasteiger partial charge on any atom is 0.325 e. The predicted octanol–water partition coefficient (Wildman–Crippen LogP) is 1.42. The van der Waals surface area contributed by atoms with Crippen LogP contribution in [0.1, 0.15) is 44.9 Å². The lowest BCUT2D eigenvalue weighted by atomic mass is 9.84. The van der Waals surface area contributed by atoms with Gasteiger partial charge in [-0.15, -0.1) is 0 Å². The third-order valence-electron chi connectivity index (χ3n) is 4.24. The molecule has 1 spiro atoms. The number of nitrogens with zero attached hydrogens (tertiary/aromatic N) is 1. The summed E-state index contributed by atoms with van der Waals surface area (Å²) in [6, 6.07) is -0.226. The average Bonchev–Trinajstić information content (AvgIpc) is 3.08. The Morgan fingerprint density at radius 2 is 1.78 bits per heavy atom. The Balaban J connectivity index is 1.74. The third-order valence-corrected chi connectivity index (χ3v) is 4.24. The van der Waals surface area contributed by atoms with Crippen LogP contribution in [-0.2, 0) is 9.53 Å². The molecule has 3 rings (SSSR count). The first-order valence-electron chi connectivity index (χ1n) is 6.97. The maximum atomic E-state index is 12.5. The molecule has 0 aromatic carbocycles. The van der Waals surface area contributed by atoms with Gasteiger partial charge in [0, 0.05) is 0 Å². The second-order valence-electron chi connectivity index (χ2n) is 5.65. The molecule has 18 heavy (non-hydrogen) atoms. The second-order valence-corrected chi connectivity index (χ2v) is 5.65. The molecule has 1 saturated carbocycles. The Bertz CT molecular complexity index is 357. The van der Waals surface area contributed by atoms with Crippen LogP contribution in [0.15, 0.2) is 0 Å². The smallest absolute Gasteiger partial charge is 0.325 e. The highest BCUT2D eigenvalue weighted by Gasteiger charge is 2.51. The minimum Gasteiger partial charge on any atom is -0.371 e. The monoisotopic (exact) mass is 252 g/mol. The van der Waals surface area contributed by atoms with E-state index >= 15 is 0 Å². The van der Waals surface area contributed by atoms with Gasteiger partial charge in [-0.2, -0.15) is 0 Å². The lowest BCUT2D eigenvalue weighted by molar-refractivity contribution is -0.132. The summed E-state index contributed by atoms with van der Waals surface area (Å²) in [6.45, 7) is 1.09. The van der Waals surface area contributed by atoms with E-state index in [4.69, 9.17) is 4.74 Å². The van der Waals surface area contributed by atoms with Gasteiger partial charge in [-0.05, 0) is 12.8 Å². The number of hydrogen-bond acceptors (Lipinski definition) is 3. The van der Waals surface area contributed by atoms with Crippen molar-refractivity contribution in [3.05, 3.63) is 0 Å². The van der Waals surface area contributed by atoms with Crippen molar-refractivity contribution in [1.82, 2.24) is 10.2 Å². The highest BCUT2D eigenvalue weighted by molar-refractivity contribution is 6.07. The van der Waals surface area contributed by atoms with E-state index in [2.05, 4.69) is 5.32 Å². The normalized spacial score (nSPS) is 31.1. The van der Waals surface area contributed by atoms with Gasteiger partial charge in [0.25, 0.3) is 5.91 Å². The summed E-state index contributed by atoms with van der Waals surface area (Å²) in [6.07, 6.45) is 7.28. The first-order chi connectivity index (χ1) is 8.71. The largest absolute Gasteiger partial charge is 0.371 e. The van der Waals surface area contributed by atoms with E-state index in [1.807, 2.05) is 0 Å². The molecule has 1 aliphatic carbocycles. The molecule has 3 aliphatic rings. The number of ether oxygens (including phenoxy) is 1. The van der Waals surface area contributed by atoms with E-state index in [0.29, 0.717) is 13.2 Å². The molecule has 2 heterocycles. The fourth-order valence-corrected chi connectivity index (χ4v) is 3.07. The summed E-state index contributed by atoms with van der Waals surface area (Å²) in [5, 5.41) is 2.95. The third kappa shape index (κ3) is 2.11. The van der Waals surface area contributed by atoms with Gasteiger partial charge in [-0.3, -0.25) is 9.69 Å². The molecule has 5 nitrogen and oxygen atoms in total. The number of carbonyl (C=O) groups excluding carboxylic acids is 2. The standard InChI is InChI=1S/C13H20N2O3/c16-11-13(6-4-2-1-3-5-7-13)14-12(17)15(11)8-10-9-18-10/h10H,1-9H2,(H,14,17). The second kappa shape index (κ2) is 4.53. The van der Waals surface area contributed by atoms with Gasteiger partial charge in [0.15, 0.2) is 0 Å². The number of nitrogens with one attached hydrogen (secondary N) is 1. The molecular formula is C13H20N2O3. The summed E-state index contributed by atoms with van der Waals surface area (Å²) < 4.78 is 5.11. The number of amides is 3. The van der Waals surface area contributed by atoms with Crippen molar-refractivity contribution in [1.29, 1.82) is 0 Å². The molecule has 0 bridgehead atoms. The lowest BCUT2D eigenvalue weighted by Gasteiger charge is -2.28. The molecular weight excluding hydrogens is 232 g/mol. The molecule has 0 aromatic rings. The molecule has 5 heteroatoms. The van der Waals surface area contributed by atoms with Crippen molar-refractivity contribution in [3.63, 3.8) is 0 Å². The van der Waals surface area contributed by atoms with Gasteiger partial charge < -0.3 is 10.1 Å². The number of rotatable bonds is 2. The maximum absolute atomic E-state index is 12.5. The van der Waals surface area contributed by atoms with Crippen molar-refractivity contribution >= 4 is 11.9 Å². The topological polar surface area (TPSA) is 61.9 Å². The van der Waals surface area contributed by atoms with Gasteiger partial charge in [0.05, 0.1) is 19.3 Å². The van der Waals surface area contributed by atoms with Gasteiger partial charge in [0.1, 0.15) is 5.54 Å². The Morgan fingerprint density at radius 1 is 1.17 bits per heavy atom. The van der Waals surface area contributed by atoms with Gasteiger partial charge in [-0.1, -0.05) is 32.1 Å². The van der Waals surface area contributed by atoms with Crippen LogP contribution >= 0.6 is 0 Å². The van der Waals surface area contributed by atoms with Crippen molar-refractivity contribution < 1.29 is 14.3 Å². The summed E-state index contributed by atoms with van der Waals surface area (Å²) in [5.41, 5.74) is -0.605. The minimum atomic E-state index is -0.605. The van der Waals surface area contributed by atoms with Crippen LogP contribution in [0.3, 0.4) is 0 Å². The minimum absolute atomic E-state index is 0.0232. The number of imide groups is 1. The summed E-state index contributed by atoms with van der Waals surface area (Å²) >= 11 is 0. The van der Waals surface area contributed by atoms with E-state index in [1.54, 1.807) is 0 Å². The van der Waals surface area contributed by atoms with Crippen molar-refractivity contribution in [2.24, 2.45) is 0 Å². The molecule has 1 N–H and O–H groups in total. The average molecular weight is 252 g/mol. The fraction of sp³-hybridized carbons (Fsp3) is 0.846. The van der Waals surface area contributed by atoms with Gasteiger partial charge in [-0.25, -0.2) is 4.79 Å². The van der Waals surface area contributed by atoms with Crippen LogP contribution in [0.5, 0.6) is 0 Å². The van der Waals surface area contributed by atoms with Crippen molar-refractivity contribution in [2.75, 3.05) is 13.2 Å². The molecule has 2 saturated heterocycles. The Hall–Kier alpha value is -1.10. The number of carbonyl (C=O) groups is 2. The quantitative estimate of drug-likeness (QED) is 0.597. The van der Waals surface area contributed by atoms with Gasteiger partial charge >= 0.3 is 6.03 Å². The lowest BCUT2D eigenvalue weighted by Crippen LogP contribution is -2.47. The molecule has 0 radical (unpaired) electrons. The zero-order valence-electron chi connectivity index (χ0n) is 10.6. The summed E-state index contributed by atoms with van der Waals surface area (Å²) in [5.74, 6) is -0.0232. The van der Waals surface area contributed by atoms with E-state index in [9.17, 15) is 9.59 Å². The molecule has 3 amide bonds. The molecule has 2 aliphatic heterocycles. The number of hydrogen-bond donors (Lipinski definition) is 1. The fourth-order valence-electron chi connectivity index (χ4n) is 3.07. The summed E-state index contributed by atoms with van der Waals surface area (Å²) in [7, 11) is 0. The van der Waals surface area contributed by atoms with Crippen LogP contribution in [0.25, 0.3) is 0 Å². The molecule has 3 fully saturated rings. The van der Waals surface area contributed by atoms with E-state index in [0.717, 1.165) is 38.5 Å². The molecule has 0 aromatic heterocycles. The van der Waals surface area contributed by atoms with Crippen molar-refractivity contribution in [2.45, 2.75) is 56.6 Å². The van der Waals surface area contributed by atoms with Crippen LogP contribution < -0.4 is 5.32 Å². The van der Waals surface area contributed by atoms with Gasteiger partial charge in [0.2, 0.25) is 0 Å². The molecule has 100 valence electrons.